The summed E-state index contributed by atoms with van der Waals surface area (Å²) in [5, 5.41) is 0. The first-order valence-corrected chi connectivity index (χ1v) is 3.08. The third kappa shape index (κ3) is 0.926. The highest BCUT2D eigenvalue weighted by Crippen LogP contribution is 2.21. The summed E-state index contributed by atoms with van der Waals surface area (Å²) in [7, 11) is 1.51. The molecule has 0 saturated heterocycles. The van der Waals surface area contributed by atoms with Crippen LogP contribution in [0.1, 0.15) is 13.8 Å². The van der Waals surface area contributed by atoms with E-state index >= 15 is 0 Å². The molecule has 0 radical (unpaired) electrons. The third-order valence-electron chi connectivity index (χ3n) is 1.68. The van der Waals surface area contributed by atoms with Gasteiger partial charge in [0, 0.05) is 18.3 Å². The van der Waals surface area contributed by atoms with Gasteiger partial charge < -0.3 is 9.47 Å². The lowest BCUT2D eigenvalue weighted by Crippen LogP contribution is -2.12. The number of rotatable bonds is 1. The molecule has 0 amide bonds. The maximum atomic E-state index is 10.8. The van der Waals surface area contributed by atoms with E-state index in [2.05, 4.69) is 0 Å². The molecule has 0 N–H and O–H groups in total. The Hall–Kier alpha value is -0.830. The van der Waals surface area contributed by atoms with Crippen LogP contribution in [0.2, 0.25) is 0 Å². The second-order valence-electron chi connectivity index (χ2n) is 2.28. The van der Waals surface area contributed by atoms with Crippen molar-refractivity contribution in [3.63, 3.8) is 0 Å². The molecule has 1 atom stereocenters. The van der Waals surface area contributed by atoms with Crippen molar-refractivity contribution in [2.75, 3.05) is 7.11 Å². The van der Waals surface area contributed by atoms with Gasteiger partial charge in [-0.3, -0.25) is 0 Å². The molecular weight excluding hydrogens is 132 g/mol. The highest BCUT2D eigenvalue weighted by atomic mass is 16.7. The summed E-state index contributed by atoms with van der Waals surface area (Å²) in [4.78, 5) is 10.8. The zero-order chi connectivity index (χ0) is 7.72. The van der Waals surface area contributed by atoms with Gasteiger partial charge in [0.15, 0.2) is 0 Å². The van der Waals surface area contributed by atoms with Gasteiger partial charge in [-0.05, 0) is 13.8 Å². The monoisotopic (exact) mass is 142 g/mol. The number of hydrogen-bond acceptors (Lipinski definition) is 3. The fourth-order valence-electron chi connectivity index (χ4n) is 0.837. The molecule has 0 aromatic heterocycles. The predicted octanol–water partition coefficient (Wildman–Crippen LogP) is 0.852. The smallest absolute Gasteiger partial charge is 0.336 e. The summed E-state index contributed by atoms with van der Waals surface area (Å²) in [6.07, 6.45) is -0.451. The molecule has 0 aliphatic carbocycles. The molecule has 1 rings (SSSR count). The molecule has 0 bridgehead atoms. The number of esters is 1. The van der Waals surface area contributed by atoms with E-state index in [0.717, 1.165) is 5.57 Å². The van der Waals surface area contributed by atoms with E-state index in [1.807, 2.05) is 6.92 Å². The van der Waals surface area contributed by atoms with Gasteiger partial charge in [-0.1, -0.05) is 0 Å². The molecule has 3 heteroatoms. The SMILES string of the molecule is COC1OC(=O)C(C)=C1C. The number of carbonyl (C=O) groups excluding carboxylic acids is 1. The van der Waals surface area contributed by atoms with Gasteiger partial charge in [-0.25, -0.2) is 4.79 Å². The van der Waals surface area contributed by atoms with Crippen LogP contribution in [0.3, 0.4) is 0 Å². The van der Waals surface area contributed by atoms with Crippen LogP contribution in [0.25, 0.3) is 0 Å². The number of cyclic esters (lactones) is 1. The standard InChI is InChI=1S/C7H10O3/c1-4-5(2)7(9-3)10-6(4)8/h7H,1-3H3. The second kappa shape index (κ2) is 2.42. The van der Waals surface area contributed by atoms with Crippen molar-refractivity contribution in [1.29, 1.82) is 0 Å². The van der Waals surface area contributed by atoms with Crippen molar-refractivity contribution in [3.05, 3.63) is 11.1 Å². The fraction of sp³-hybridized carbons (Fsp3) is 0.571. The van der Waals surface area contributed by atoms with Crippen LogP contribution in [0.15, 0.2) is 11.1 Å². The first-order valence-electron chi connectivity index (χ1n) is 3.08. The van der Waals surface area contributed by atoms with E-state index in [1.165, 1.54) is 7.11 Å². The molecule has 0 aromatic carbocycles. The Morgan fingerprint density at radius 3 is 2.30 bits per heavy atom. The number of carbonyl (C=O) groups is 1. The first kappa shape index (κ1) is 7.28. The van der Waals surface area contributed by atoms with Gasteiger partial charge in [0.2, 0.25) is 6.29 Å². The van der Waals surface area contributed by atoms with Crippen molar-refractivity contribution in [1.82, 2.24) is 0 Å². The van der Waals surface area contributed by atoms with Crippen LogP contribution in [0.4, 0.5) is 0 Å². The number of methoxy groups -OCH3 is 1. The molecule has 0 spiro atoms. The van der Waals surface area contributed by atoms with Gasteiger partial charge in [0.1, 0.15) is 0 Å². The van der Waals surface area contributed by atoms with Crippen LogP contribution in [0, 0.1) is 0 Å². The second-order valence-corrected chi connectivity index (χ2v) is 2.28. The molecule has 10 heavy (non-hydrogen) atoms. The Labute approximate surface area is 59.6 Å². The van der Waals surface area contributed by atoms with E-state index in [1.54, 1.807) is 6.92 Å². The van der Waals surface area contributed by atoms with Crippen LogP contribution in [-0.2, 0) is 14.3 Å². The third-order valence-corrected chi connectivity index (χ3v) is 1.68. The molecular formula is C7H10O3. The Kier molecular flexibility index (Phi) is 1.76. The minimum absolute atomic E-state index is 0.274. The largest absolute Gasteiger partial charge is 0.428 e. The zero-order valence-electron chi connectivity index (χ0n) is 6.30. The normalized spacial score (nSPS) is 25.5. The average molecular weight is 142 g/mol. The Morgan fingerprint density at radius 1 is 1.50 bits per heavy atom. The van der Waals surface area contributed by atoms with E-state index in [-0.39, 0.29) is 5.97 Å². The summed E-state index contributed by atoms with van der Waals surface area (Å²) < 4.78 is 9.66. The Morgan fingerprint density at radius 2 is 2.10 bits per heavy atom. The summed E-state index contributed by atoms with van der Waals surface area (Å²) in [6.45, 7) is 3.56. The lowest BCUT2D eigenvalue weighted by atomic mass is 10.2. The zero-order valence-corrected chi connectivity index (χ0v) is 6.30. The maximum Gasteiger partial charge on any atom is 0.336 e. The molecule has 0 fully saturated rings. The lowest BCUT2D eigenvalue weighted by molar-refractivity contribution is -0.155. The molecule has 3 nitrogen and oxygen atoms in total. The average Bonchev–Trinajstić information content (AvgIpc) is 2.17. The van der Waals surface area contributed by atoms with Crippen LogP contribution in [0.5, 0.6) is 0 Å². The number of hydrogen-bond donors (Lipinski definition) is 0. The van der Waals surface area contributed by atoms with E-state index < -0.39 is 6.29 Å². The van der Waals surface area contributed by atoms with Crippen molar-refractivity contribution in [3.8, 4) is 0 Å². The quantitative estimate of drug-likeness (QED) is 0.509. The van der Waals surface area contributed by atoms with E-state index in [4.69, 9.17) is 9.47 Å². The fourth-order valence-corrected chi connectivity index (χ4v) is 0.837. The van der Waals surface area contributed by atoms with Crippen molar-refractivity contribution >= 4 is 5.97 Å². The first-order chi connectivity index (χ1) is 4.66. The van der Waals surface area contributed by atoms with E-state index in [0.29, 0.717) is 5.57 Å². The van der Waals surface area contributed by atoms with Crippen molar-refractivity contribution < 1.29 is 14.3 Å². The van der Waals surface area contributed by atoms with E-state index in [9.17, 15) is 4.79 Å². The molecule has 0 aromatic rings. The van der Waals surface area contributed by atoms with Gasteiger partial charge in [-0.15, -0.1) is 0 Å². The summed E-state index contributed by atoms with van der Waals surface area (Å²) in [5.41, 5.74) is 1.53. The van der Waals surface area contributed by atoms with Crippen LogP contribution < -0.4 is 0 Å². The van der Waals surface area contributed by atoms with Crippen LogP contribution in [-0.4, -0.2) is 19.4 Å². The summed E-state index contributed by atoms with van der Waals surface area (Å²) >= 11 is 0. The van der Waals surface area contributed by atoms with Crippen molar-refractivity contribution in [2.24, 2.45) is 0 Å². The van der Waals surface area contributed by atoms with Gasteiger partial charge in [0.25, 0.3) is 0 Å². The maximum absolute atomic E-state index is 10.8. The van der Waals surface area contributed by atoms with Gasteiger partial charge in [-0.2, -0.15) is 0 Å². The van der Waals surface area contributed by atoms with Gasteiger partial charge in [0.05, 0.1) is 0 Å². The van der Waals surface area contributed by atoms with Crippen molar-refractivity contribution in [2.45, 2.75) is 20.1 Å². The Balaban J connectivity index is 2.83. The minimum atomic E-state index is -0.451. The minimum Gasteiger partial charge on any atom is -0.428 e. The molecule has 1 aliphatic rings. The summed E-state index contributed by atoms with van der Waals surface area (Å²) in [6, 6.07) is 0. The molecule has 1 heterocycles. The molecule has 1 unspecified atom stereocenters. The molecule has 56 valence electrons. The highest BCUT2D eigenvalue weighted by Gasteiger charge is 2.27. The lowest BCUT2D eigenvalue weighted by Gasteiger charge is -2.07. The Bertz CT molecular complexity index is 193. The topological polar surface area (TPSA) is 35.5 Å². The highest BCUT2D eigenvalue weighted by molar-refractivity contribution is 5.91. The van der Waals surface area contributed by atoms with Crippen LogP contribution >= 0.6 is 0 Å². The predicted molar refractivity (Wildman–Crippen MR) is 35.3 cm³/mol. The van der Waals surface area contributed by atoms with Gasteiger partial charge >= 0.3 is 5.97 Å². The molecule has 0 saturated carbocycles. The molecule has 1 aliphatic heterocycles. The summed E-state index contributed by atoms with van der Waals surface area (Å²) in [5.74, 6) is -0.274. The number of ether oxygens (including phenoxy) is 2.